The predicted molar refractivity (Wildman–Crippen MR) is 72.1 cm³/mol. The molecule has 1 aliphatic carbocycles. The topological polar surface area (TPSA) is 41.1 Å². The molecule has 1 aliphatic rings. The van der Waals surface area contributed by atoms with E-state index < -0.39 is 0 Å². The summed E-state index contributed by atoms with van der Waals surface area (Å²) in [5.41, 5.74) is 3.72. The van der Waals surface area contributed by atoms with Crippen LogP contribution in [0.1, 0.15) is 29.2 Å². The van der Waals surface area contributed by atoms with Crippen LogP contribution < -0.4 is 10.6 Å². The maximum Gasteiger partial charge on any atom is 0.224 e. The van der Waals surface area contributed by atoms with E-state index in [1.165, 1.54) is 11.1 Å². The average molecular weight is 242 g/mol. The summed E-state index contributed by atoms with van der Waals surface area (Å²) in [6.07, 6.45) is 7.88. The van der Waals surface area contributed by atoms with Crippen LogP contribution in [0.15, 0.2) is 18.2 Å². The van der Waals surface area contributed by atoms with Crippen LogP contribution in [0.4, 0.5) is 0 Å². The molecule has 0 fully saturated rings. The maximum atomic E-state index is 11.4. The fourth-order valence-electron chi connectivity index (χ4n) is 2.43. The van der Waals surface area contributed by atoms with Crippen LogP contribution in [0.3, 0.4) is 0 Å². The van der Waals surface area contributed by atoms with Crippen LogP contribution in [0.5, 0.6) is 0 Å². The first-order chi connectivity index (χ1) is 8.74. The van der Waals surface area contributed by atoms with Crippen molar-refractivity contribution in [3.8, 4) is 12.3 Å². The minimum Gasteiger partial charge on any atom is -0.359 e. The Kier molecular flexibility index (Phi) is 4.01. The number of aryl methyl sites for hydroxylation is 1. The van der Waals surface area contributed by atoms with Gasteiger partial charge in [0.2, 0.25) is 5.91 Å². The smallest absolute Gasteiger partial charge is 0.224 e. The lowest BCUT2D eigenvalue weighted by Crippen LogP contribution is -2.21. The van der Waals surface area contributed by atoms with Crippen molar-refractivity contribution in [3.63, 3.8) is 0 Å². The highest BCUT2D eigenvalue weighted by atomic mass is 16.1. The number of rotatable bonds is 4. The lowest BCUT2D eigenvalue weighted by Gasteiger charge is -2.13. The number of terminal acetylenes is 1. The summed E-state index contributed by atoms with van der Waals surface area (Å²) >= 11 is 0. The van der Waals surface area contributed by atoms with E-state index in [-0.39, 0.29) is 5.91 Å². The number of carbonyl (C=O) groups excluding carboxylic acids is 1. The van der Waals surface area contributed by atoms with Crippen LogP contribution in [-0.4, -0.2) is 19.5 Å². The zero-order valence-electron chi connectivity index (χ0n) is 10.6. The zero-order valence-corrected chi connectivity index (χ0v) is 10.6. The van der Waals surface area contributed by atoms with Crippen LogP contribution in [-0.2, 0) is 17.6 Å². The molecule has 1 aromatic carbocycles. The van der Waals surface area contributed by atoms with Gasteiger partial charge in [-0.1, -0.05) is 24.1 Å². The lowest BCUT2D eigenvalue weighted by molar-refractivity contribution is -0.119. The van der Waals surface area contributed by atoms with E-state index in [1.807, 2.05) is 6.07 Å². The van der Waals surface area contributed by atoms with Gasteiger partial charge in [0.25, 0.3) is 0 Å². The molecule has 0 heterocycles. The van der Waals surface area contributed by atoms with Gasteiger partial charge in [-0.05, 0) is 29.5 Å². The van der Waals surface area contributed by atoms with Gasteiger partial charge in [-0.3, -0.25) is 10.1 Å². The molecule has 2 rings (SSSR count). The van der Waals surface area contributed by atoms with Gasteiger partial charge in [0.15, 0.2) is 0 Å². The zero-order chi connectivity index (χ0) is 13.0. The van der Waals surface area contributed by atoms with Crippen molar-refractivity contribution in [1.29, 1.82) is 0 Å². The van der Waals surface area contributed by atoms with E-state index in [4.69, 9.17) is 6.42 Å². The molecule has 0 spiro atoms. The SMILES string of the molecule is C#CCNC1CCc2ccc(CC(=O)NC)cc21. The first-order valence-corrected chi connectivity index (χ1v) is 6.23. The van der Waals surface area contributed by atoms with Gasteiger partial charge >= 0.3 is 0 Å². The van der Waals surface area contributed by atoms with Crippen molar-refractivity contribution < 1.29 is 4.79 Å². The third-order valence-corrected chi connectivity index (χ3v) is 3.38. The summed E-state index contributed by atoms with van der Waals surface area (Å²) in [7, 11) is 1.66. The van der Waals surface area contributed by atoms with Crippen molar-refractivity contribution in [2.45, 2.75) is 25.3 Å². The Morgan fingerprint density at radius 2 is 2.39 bits per heavy atom. The number of amides is 1. The molecule has 3 nitrogen and oxygen atoms in total. The summed E-state index contributed by atoms with van der Waals surface area (Å²) in [6.45, 7) is 0.587. The molecule has 0 aromatic heterocycles. The van der Waals surface area contributed by atoms with Crippen LogP contribution >= 0.6 is 0 Å². The van der Waals surface area contributed by atoms with Crippen molar-refractivity contribution in [2.24, 2.45) is 0 Å². The maximum absolute atomic E-state index is 11.4. The van der Waals surface area contributed by atoms with E-state index in [0.717, 1.165) is 18.4 Å². The van der Waals surface area contributed by atoms with Crippen molar-refractivity contribution in [1.82, 2.24) is 10.6 Å². The molecule has 0 aliphatic heterocycles. The van der Waals surface area contributed by atoms with Crippen LogP contribution in [0.2, 0.25) is 0 Å². The summed E-state index contributed by atoms with van der Waals surface area (Å²) in [5, 5.41) is 5.99. The number of hydrogen-bond acceptors (Lipinski definition) is 2. The molecule has 2 N–H and O–H groups in total. The molecular formula is C15H18N2O. The van der Waals surface area contributed by atoms with Crippen molar-refractivity contribution in [3.05, 3.63) is 34.9 Å². The molecule has 18 heavy (non-hydrogen) atoms. The Balaban J connectivity index is 2.15. The normalized spacial score (nSPS) is 17.0. The van der Waals surface area contributed by atoms with Gasteiger partial charge < -0.3 is 5.32 Å². The molecule has 1 unspecified atom stereocenters. The summed E-state index contributed by atoms with van der Waals surface area (Å²) in [4.78, 5) is 11.4. The standard InChI is InChI=1S/C15H18N2O/c1-3-8-17-14-7-6-12-5-4-11(9-13(12)14)10-15(18)16-2/h1,4-5,9,14,17H,6-8,10H2,2H3,(H,16,18). The molecule has 0 bridgehead atoms. The Labute approximate surface area is 108 Å². The Bertz CT molecular complexity index is 488. The van der Waals surface area contributed by atoms with E-state index in [1.54, 1.807) is 7.05 Å². The van der Waals surface area contributed by atoms with Gasteiger partial charge in [0, 0.05) is 13.1 Å². The summed E-state index contributed by atoms with van der Waals surface area (Å²) < 4.78 is 0. The van der Waals surface area contributed by atoms with Gasteiger partial charge in [-0.2, -0.15) is 0 Å². The molecular weight excluding hydrogens is 224 g/mol. The van der Waals surface area contributed by atoms with E-state index in [2.05, 4.69) is 28.7 Å². The molecule has 1 amide bonds. The second kappa shape index (κ2) is 5.70. The molecule has 3 heteroatoms. The Morgan fingerprint density at radius 1 is 1.56 bits per heavy atom. The van der Waals surface area contributed by atoms with E-state index in [9.17, 15) is 4.79 Å². The lowest BCUT2D eigenvalue weighted by atomic mass is 10.0. The Hall–Kier alpha value is -1.79. The molecule has 94 valence electrons. The fraction of sp³-hybridized carbons (Fsp3) is 0.400. The highest BCUT2D eigenvalue weighted by Gasteiger charge is 2.22. The molecule has 1 aromatic rings. The summed E-state index contributed by atoms with van der Waals surface area (Å²) in [6, 6.07) is 6.63. The number of benzene rings is 1. The highest BCUT2D eigenvalue weighted by Crippen LogP contribution is 2.31. The number of carbonyl (C=O) groups is 1. The largest absolute Gasteiger partial charge is 0.359 e. The minimum atomic E-state index is 0.0427. The number of hydrogen-bond donors (Lipinski definition) is 2. The second-order valence-corrected chi connectivity index (χ2v) is 4.56. The van der Waals surface area contributed by atoms with E-state index in [0.29, 0.717) is 19.0 Å². The fourth-order valence-corrected chi connectivity index (χ4v) is 2.43. The van der Waals surface area contributed by atoms with Crippen LogP contribution in [0.25, 0.3) is 0 Å². The monoisotopic (exact) mass is 242 g/mol. The van der Waals surface area contributed by atoms with Crippen molar-refractivity contribution >= 4 is 5.91 Å². The first kappa shape index (κ1) is 12.7. The number of nitrogens with one attached hydrogen (secondary N) is 2. The molecule has 1 atom stereocenters. The van der Waals surface area contributed by atoms with Gasteiger partial charge in [0.1, 0.15) is 0 Å². The van der Waals surface area contributed by atoms with Gasteiger partial charge in [-0.25, -0.2) is 0 Å². The second-order valence-electron chi connectivity index (χ2n) is 4.56. The Morgan fingerprint density at radius 3 is 3.11 bits per heavy atom. The number of likely N-dealkylation sites (N-methyl/N-ethyl adjacent to an activating group) is 1. The third kappa shape index (κ3) is 2.72. The van der Waals surface area contributed by atoms with Crippen LogP contribution in [0, 0.1) is 12.3 Å². The van der Waals surface area contributed by atoms with Crippen molar-refractivity contribution in [2.75, 3.05) is 13.6 Å². The molecule has 0 radical (unpaired) electrons. The average Bonchev–Trinajstić information content (AvgIpc) is 2.78. The first-order valence-electron chi connectivity index (χ1n) is 6.23. The highest BCUT2D eigenvalue weighted by molar-refractivity contribution is 5.78. The quantitative estimate of drug-likeness (QED) is 0.779. The summed E-state index contributed by atoms with van der Waals surface area (Å²) in [5.74, 6) is 2.65. The predicted octanol–water partition coefficient (Wildman–Crippen LogP) is 1.19. The number of fused-ring (bicyclic) bond motifs is 1. The van der Waals surface area contributed by atoms with Gasteiger partial charge in [0.05, 0.1) is 13.0 Å². The van der Waals surface area contributed by atoms with Gasteiger partial charge in [-0.15, -0.1) is 6.42 Å². The van der Waals surface area contributed by atoms with E-state index >= 15 is 0 Å². The molecule has 0 saturated heterocycles. The minimum absolute atomic E-state index is 0.0427. The molecule has 0 saturated carbocycles. The third-order valence-electron chi connectivity index (χ3n) is 3.38.